The van der Waals surface area contributed by atoms with Gasteiger partial charge in [-0.25, -0.2) is 8.42 Å². The molecule has 0 aromatic heterocycles. The van der Waals surface area contributed by atoms with E-state index in [9.17, 15) is 18.0 Å². The number of carbonyl (C=O) groups excluding carboxylic acids is 2. The number of anilines is 1. The molecule has 9 heteroatoms. The van der Waals surface area contributed by atoms with Gasteiger partial charge in [0.1, 0.15) is 6.61 Å². The first-order valence-electron chi connectivity index (χ1n) is 5.57. The van der Waals surface area contributed by atoms with Crippen LogP contribution in [-0.2, 0) is 24.4 Å². The van der Waals surface area contributed by atoms with E-state index in [1.54, 1.807) is 0 Å². The fraction of sp³-hybridized carbons (Fsp3) is 0.273. The van der Waals surface area contributed by atoms with Crippen molar-refractivity contribution in [3.8, 4) is 0 Å². The summed E-state index contributed by atoms with van der Waals surface area (Å²) in [5.74, 6) is -0.721. The average Bonchev–Trinajstić information content (AvgIpc) is 2.38. The van der Waals surface area contributed by atoms with E-state index in [0.717, 1.165) is 0 Å². The summed E-state index contributed by atoms with van der Waals surface area (Å²) in [4.78, 5) is 28.1. The van der Waals surface area contributed by atoms with E-state index in [2.05, 4.69) is 15.5 Å². The average molecular weight is 301 g/mol. The van der Waals surface area contributed by atoms with Crippen LogP contribution in [0.4, 0.5) is 5.69 Å². The first kappa shape index (κ1) is 16.1. The molecule has 0 bridgehead atoms. The molecule has 0 saturated heterocycles. The van der Waals surface area contributed by atoms with Crippen LogP contribution in [0.5, 0.6) is 0 Å². The minimum Gasteiger partial charge on any atom is -0.357 e. The van der Waals surface area contributed by atoms with Gasteiger partial charge in [0.25, 0.3) is 10.0 Å². The highest BCUT2D eigenvalue weighted by molar-refractivity contribution is 7.89. The highest BCUT2D eigenvalue weighted by Crippen LogP contribution is 2.13. The predicted octanol–water partition coefficient (Wildman–Crippen LogP) is -0.399. The summed E-state index contributed by atoms with van der Waals surface area (Å²) in [7, 11) is -2.47. The summed E-state index contributed by atoms with van der Waals surface area (Å²) in [6.45, 7) is 0.915. The molecule has 0 aliphatic rings. The van der Waals surface area contributed by atoms with E-state index in [4.69, 9.17) is 0 Å². The van der Waals surface area contributed by atoms with Gasteiger partial charge in [0.05, 0.1) is 4.90 Å². The van der Waals surface area contributed by atoms with Crippen LogP contribution in [-0.4, -0.2) is 33.9 Å². The van der Waals surface area contributed by atoms with Crippen molar-refractivity contribution < 1.29 is 22.8 Å². The molecule has 1 rings (SSSR count). The Morgan fingerprint density at radius 3 is 2.30 bits per heavy atom. The van der Waals surface area contributed by atoms with Crippen molar-refractivity contribution in [2.24, 2.45) is 0 Å². The van der Waals surface area contributed by atoms with Crippen LogP contribution in [0.25, 0.3) is 0 Å². The van der Waals surface area contributed by atoms with Crippen molar-refractivity contribution in [2.45, 2.75) is 11.8 Å². The Kier molecular flexibility index (Phi) is 5.62. The predicted molar refractivity (Wildman–Crippen MR) is 71.1 cm³/mol. The number of benzene rings is 1. The maximum atomic E-state index is 11.8. The molecular formula is C11H15N3O5S. The van der Waals surface area contributed by atoms with Gasteiger partial charge in [-0.1, -0.05) is 4.89 Å². The molecule has 0 unspecified atom stereocenters. The number of hydrogen-bond donors (Lipinski definition) is 3. The highest BCUT2D eigenvalue weighted by atomic mass is 32.2. The lowest BCUT2D eigenvalue weighted by molar-refractivity contribution is -0.126. The third-order valence-corrected chi connectivity index (χ3v) is 3.37. The minimum absolute atomic E-state index is 0.0523. The topological polar surface area (TPSA) is 114 Å². The lowest BCUT2D eigenvalue weighted by atomic mass is 10.3. The number of sulfonamides is 1. The van der Waals surface area contributed by atoms with Gasteiger partial charge in [-0.15, -0.1) is 0 Å². The van der Waals surface area contributed by atoms with Crippen LogP contribution < -0.4 is 15.5 Å². The summed E-state index contributed by atoms with van der Waals surface area (Å²) in [5.41, 5.74) is 0.475. The van der Waals surface area contributed by atoms with Gasteiger partial charge in [-0.2, -0.15) is 0 Å². The van der Waals surface area contributed by atoms with Gasteiger partial charge < -0.3 is 10.6 Å². The molecule has 0 atom stereocenters. The molecule has 0 radical (unpaired) electrons. The SMILES string of the molecule is CNC(=O)CONS(=O)(=O)c1ccc(NC(C)=O)cc1. The largest absolute Gasteiger partial charge is 0.357 e. The highest BCUT2D eigenvalue weighted by Gasteiger charge is 2.14. The zero-order valence-corrected chi connectivity index (χ0v) is 11.8. The molecule has 0 heterocycles. The molecular weight excluding hydrogens is 286 g/mol. The first-order valence-corrected chi connectivity index (χ1v) is 7.05. The van der Waals surface area contributed by atoms with Crippen LogP contribution in [0.2, 0.25) is 0 Å². The Bertz CT molecular complexity index is 583. The Labute approximate surface area is 116 Å². The molecule has 0 spiro atoms. The second-order valence-electron chi connectivity index (χ2n) is 3.75. The number of nitrogens with one attached hydrogen (secondary N) is 3. The molecule has 3 N–H and O–H groups in total. The molecule has 0 aliphatic carbocycles. The second-order valence-corrected chi connectivity index (χ2v) is 5.40. The summed E-state index contributed by atoms with van der Waals surface area (Å²) in [5, 5.41) is 4.79. The molecule has 8 nitrogen and oxygen atoms in total. The molecule has 1 aromatic carbocycles. The van der Waals surface area contributed by atoms with Gasteiger partial charge in [0.15, 0.2) is 0 Å². The third kappa shape index (κ3) is 4.96. The summed E-state index contributed by atoms with van der Waals surface area (Å²) >= 11 is 0. The van der Waals surface area contributed by atoms with Crippen LogP contribution in [0.3, 0.4) is 0 Å². The summed E-state index contributed by atoms with van der Waals surface area (Å²) in [6.07, 6.45) is 0. The zero-order valence-electron chi connectivity index (χ0n) is 11.0. The van der Waals surface area contributed by atoms with Crippen LogP contribution >= 0.6 is 0 Å². The van der Waals surface area contributed by atoms with Crippen LogP contribution in [0, 0.1) is 0 Å². The summed E-state index contributed by atoms with van der Waals surface area (Å²) in [6, 6.07) is 5.48. The van der Waals surface area contributed by atoms with Crippen molar-refractivity contribution in [2.75, 3.05) is 19.0 Å². The molecule has 1 aromatic rings. The Morgan fingerprint density at radius 1 is 1.20 bits per heavy atom. The quantitative estimate of drug-likeness (QED) is 0.619. The first-order chi connectivity index (χ1) is 9.35. The van der Waals surface area contributed by atoms with Gasteiger partial charge in [-0.05, 0) is 24.3 Å². The molecule has 20 heavy (non-hydrogen) atoms. The van der Waals surface area contributed by atoms with Gasteiger partial charge in [0, 0.05) is 19.7 Å². The minimum atomic E-state index is -3.87. The molecule has 0 saturated carbocycles. The maximum absolute atomic E-state index is 11.8. The smallest absolute Gasteiger partial charge is 0.262 e. The molecule has 0 aliphatic heterocycles. The monoisotopic (exact) mass is 301 g/mol. The number of amides is 2. The summed E-state index contributed by atoms with van der Waals surface area (Å²) < 4.78 is 23.6. The maximum Gasteiger partial charge on any atom is 0.262 e. The molecule has 2 amide bonds. The Balaban J connectivity index is 2.68. The van der Waals surface area contributed by atoms with Gasteiger partial charge in [0.2, 0.25) is 11.8 Å². The molecule has 110 valence electrons. The van der Waals surface area contributed by atoms with Gasteiger partial charge in [-0.3, -0.25) is 14.4 Å². The third-order valence-electron chi connectivity index (χ3n) is 2.14. The van der Waals surface area contributed by atoms with Crippen LogP contribution in [0.15, 0.2) is 29.2 Å². The van der Waals surface area contributed by atoms with Crippen molar-refractivity contribution in [3.05, 3.63) is 24.3 Å². The normalized spacial score (nSPS) is 10.9. The molecule has 0 fully saturated rings. The van der Waals surface area contributed by atoms with E-state index in [0.29, 0.717) is 5.69 Å². The Hall–Kier alpha value is -1.97. The zero-order chi connectivity index (χ0) is 15.2. The van der Waals surface area contributed by atoms with Crippen molar-refractivity contribution in [1.82, 2.24) is 10.2 Å². The number of hydrogen-bond acceptors (Lipinski definition) is 5. The van der Waals surface area contributed by atoms with Crippen molar-refractivity contribution in [1.29, 1.82) is 0 Å². The second kappa shape index (κ2) is 6.98. The van der Waals surface area contributed by atoms with Crippen molar-refractivity contribution in [3.63, 3.8) is 0 Å². The number of likely N-dealkylation sites (N-methyl/N-ethyl adjacent to an activating group) is 1. The van der Waals surface area contributed by atoms with Gasteiger partial charge >= 0.3 is 0 Å². The number of rotatable bonds is 6. The van der Waals surface area contributed by atoms with E-state index >= 15 is 0 Å². The standard InChI is InChI=1S/C11H15N3O5S/c1-8(15)13-9-3-5-10(6-4-9)20(17,18)14-19-7-11(16)12-2/h3-6,14H,7H2,1-2H3,(H,12,16)(H,13,15). The lowest BCUT2D eigenvalue weighted by Crippen LogP contribution is -2.31. The fourth-order valence-electron chi connectivity index (χ4n) is 1.21. The number of carbonyl (C=O) groups is 2. The lowest BCUT2D eigenvalue weighted by Gasteiger charge is -2.07. The van der Waals surface area contributed by atoms with E-state index in [1.807, 2.05) is 4.89 Å². The van der Waals surface area contributed by atoms with E-state index in [-0.39, 0.29) is 10.8 Å². The van der Waals surface area contributed by atoms with E-state index in [1.165, 1.54) is 38.2 Å². The van der Waals surface area contributed by atoms with E-state index < -0.39 is 22.5 Å². The van der Waals surface area contributed by atoms with Crippen LogP contribution in [0.1, 0.15) is 6.92 Å². The fourth-order valence-corrected chi connectivity index (χ4v) is 2.02. The van der Waals surface area contributed by atoms with Crippen molar-refractivity contribution >= 4 is 27.5 Å². The Morgan fingerprint density at radius 2 is 1.80 bits per heavy atom.